The summed E-state index contributed by atoms with van der Waals surface area (Å²) in [4.78, 5) is 10.5. The normalized spacial score (nSPS) is 19.0. The summed E-state index contributed by atoms with van der Waals surface area (Å²) in [5.74, 6) is 0.806. The molecule has 0 saturated carbocycles. The van der Waals surface area contributed by atoms with E-state index in [0.29, 0.717) is 5.69 Å². The largest absolute Gasteiger partial charge is 0.287 e. The van der Waals surface area contributed by atoms with Crippen molar-refractivity contribution in [1.82, 2.24) is 8.34 Å². The summed E-state index contributed by atoms with van der Waals surface area (Å²) in [7, 11) is 0. The summed E-state index contributed by atoms with van der Waals surface area (Å²) >= 11 is 2.30. The van der Waals surface area contributed by atoms with E-state index in [-0.39, 0.29) is 8.49 Å². The number of quaternary nitrogens is 1. The number of nitro groups is 1. The number of amidine groups is 1. The molecular formula is C19H15IN5O2+. The van der Waals surface area contributed by atoms with Crippen molar-refractivity contribution in [2.45, 2.75) is 0 Å². The molecule has 0 fully saturated rings. The van der Waals surface area contributed by atoms with Crippen molar-refractivity contribution in [1.29, 1.82) is 0 Å². The first-order valence-corrected chi connectivity index (χ1v) is 9.16. The third-order valence-electron chi connectivity index (χ3n) is 4.17. The lowest BCUT2D eigenvalue weighted by molar-refractivity contribution is -0.384. The van der Waals surface area contributed by atoms with E-state index in [4.69, 9.17) is 5.10 Å². The fourth-order valence-electron chi connectivity index (χ4n) is 2.82. The number of benzene rings is 3. The van der Waals surface area contributed by atoms with Gasteiger partial charge in [-0.25, -0.2) is 0 Å². The standard InChI is InChI=1S/C19H15IN5O2/c20-25(18-9-5-2-6-10-18)19(15-7-3-1-4-8-15)21-23(22-25)16-11-13-17(14-12-16)24(26)27/h1-14,22H/q+1. The van der Waals surface area contributed by atoms with Crippen LogP contribution in [-0.2, 0) is 0 Å². The summed E-state index contributed by atoms with van der Waals surface area (Å²) in [5.41, 5.74) is 6.12. The SMILES string of the molecule is O=[N+]([O-])c1ccc(N2N=C(c3ccccc3)[N+](I)(c3ccccc3)N2)cc1. The number of rotatable bonds is 4. The molecule has 0 saturated heterocycles. The maximum atomic E-state index is 10.9. The van der Waals surface area contributed by atoms with E-state index in [9.17, 15) is 10.1 Å². The lowest BCUT2D eigenvalue weighted by atomic mass is 10.2. The minimum Gasteiger partial charge on any atom is -0.258 e. The van der Waals surface area contributed by atoms with Gasteiger partial charge < -0.3 is 0 Å². The Bertz CT molecular complexity index is 996. The highest BCUT2D eigenvalue weighted by molar-refractivity contribution is 14.1. The average molecular weight is 472 g/mol. The van der Waals surface area contributed by atoms with Gasteiger partial charge in [-0.2, -0.15) is 0 Å². The Hall–Kier alpha value is -2.82. The molecule has 27 heavy (non-hydrogen) atoms. The third-order valence-corrected chi connectivity index (χ3v) is 5.40. The van der Waals surface area contributed by atoms with Crippen LogP contribution in [0.3, 0.4) is 0 Å². The van der Waals surface area contributed by atoms with Crippen molar-refractivity contribution in [2.24, 2.45) is 5.10 Å². The Balaban J connectivity index is 1.78. The van der Waals surface area contributed by atoms with Crippen LogP contribution in [0, 0.1) is 10.1 Å². The molecule has 3 aromatic carbocycles. The van der Waals surface area contributed by atoms with Gasteiger partial charge in [0.1, 0.15) is 0 Å². The monoisotopic (exact) mass is 472 g/mol. The maximum absolute atomic E-state index is 10.9. The molecule has 4 rings (SSSR count). The molecule has 0 radical (unpaired) electrons. The number of anilines is 1. The quantitative estimate of drug-likeness (QED) is 0.262. The van der Waals surface area contributed by atoms with E-state index in [1.54, 1.807) is 17.3 Å². The lowest BCUT2D eigenvalue weighted by Gasteiger charge is -2.25. The second-order valence-electron chi connectivity index (χ2n) is 5.90. The molecule has 1 aliphatic rings. The molecule has 0 aliphatic carbocycles. The van der Waals surface area contributed by atoms with E-state index in [0.717, 1.165) is 17.1 Å². The number of hydrazone groups is 1. The molecule has 1 unspecified atom stereocenters. The van der Waals surface area contributed by atoms with E-state index in [1.165, 1.54) is 12.1 Å². The first-order valence-electron chi connectivity index (χ1n) is 8.19. The van der Waals surface area contributed by atoms with Gasteiger partial charge in [-0.3, -0.25) is 10.1 Å². The van der Waals surface area contributed by atoms with Crippen molar-refractivity contribution in [3.05, 3.63) is 101 Å². The summed E-state index contributed by atoms with van der Waals surface area (Å²) in [6.45, 7) is 0. The maximum Gasteiger partial charge on any atom is 0.287 e. The summed E-state index contributed by atoms with van der Waals surface area (Å²) in [5, 5.41) is 17.3. The molecule has 1 aliphatic heterocycles. The number of hydrogen-bond acceptors (Lipinski definition) is 5. The summed E-state index contributed by atoms with van der Waals surface area (Å²) in [6.07, 6.45) is 0. The van der Waals surface area contributed by atoms with E-state index in [1.807, 2.05) is 60.7 Å². The molecule has 3 aromatic rings. The zero-order valence-electron chi connectivity index (χ0n) is 14.1. The molecule has 1 heterocycles. The van der Waals surface area contributed by atoms with Gasteiger partial charge in [-0.15, -0.1) is 5.12 Å². The molecular weight excluding hydrogens is 457 g/mol. The van der Waals surface area contributed by atoms with Crippen molar-refractivity contribution >= 4 is 45.8 Å². The lowest BCUT2D eigenvalue weighted by Crippen LogP contribution is -2.54. The summed E-state index contributed by atoms with van der Waals surface area (Å²) < 4.78 is 0.236. The number of para-hydroxylation sites is 1. The number of hydrazine groups is 1. The van der Waals surface area contributed by atoms with E-state index < -0.39 is 4.92 Å². The second kappa shape index (κ2) is 7.06. The molecule has 134 valence electrons. The van der Waals surface area contributed by atoms with Crippen LogP contribution in [0.5, 0.6) is 0 Å². The molecule has 0 bridgehead atoms. The first-order chi connectivity index (χ1) is 13.1. The number of halogens is 1. The van der Waals surface area contributed by atoms with Crippen molar-refractivity contribution in [2.75, 3.05) is 5.12 Å². The van der Waals surface area contributed by atoms with Crippen molar-refractivity contribution in [3.63, 3.8) is 0 Å². The number of non-ortho nitro benzene ring substituents is 1. The number of nitro benzene ring substituents is 1. The third kappa shape index (κ3) is 3.29. The highest BCUT2D eigenvalue weighted by Crippen LogP contribution is 2.34. The molecule has 0 spiro atoms. The zero-order chi connectivity index (χ0) is 18.9. The average Bonchev–Trinajstić information content (AvgIpc) is 3.08. The van der Waals surface area contributed by atoms with Gasteiger partial charge in [-0.05, 0) is 29.8 Å². The number of nitrogens with zero attached hydrogens (tertiary/aromatic N) is 4. The zero-order valence-corrected chi connectivity index (χ0v) is 16.2. The Labute approximate surface area is 169 Å². The van der Waals surface area contributed by atoms with Crippen molar-refractivity contribution in [3.8, 4) is 0 Å². The van der Waals surface area contributed by atoms with Crippen LogP contribution in [0.25, 0.3) is 0 Å². The van der Waals surface area contributed by atoms with Gasteiger partial charge in [0, 0.05) is 24.3 Å². The van der Waals surface area contributed by atoms with Gasteiger partial charge in [0.2, 0.25) is 0 Å². The van der Waals surface area contributed by atoms with Gasteiger partial charge in [0.25, 0.3) is 34.4 Å². The van der Waals surface area contributed by atoms with Crippen LogP contribution >= 0.6 is 22.9 Å². The predicted octanol–water partition coefficient (Wildman–Crippen LogP) is 4.55. The van der Waals surface area contributed by atoms with Crippen LogP contribution in [0.2, 0.25) is 0 Å². The molecule has 7 nitrogen and oxygen atoms in total. The van der Waals surface area contributed by atoms with Crippen molar-refractivity contribution < 1.29 is 4.92 Å². The van der Waals surface area contributed by atoms with Gasteiger partial charge in [0.15, 0.2) is 5.69 Å². The van der Waals surface area contributed by atoms with E-state index in [2.05, 4.69) is 28.4 Å². The molecule has 0 aromatic heterocycles. The Morgan fingerprint density at radius 1 is 0.926 bits per heavy atom. The molecule has 1 N–H and O–H groups in total. The molecule has 1 atom stereocenters. The van der Waals surface area contributed by atoms with Crippen LogP contribution in [0.15, 0.2) is 90.0 Å². The minimum atomic E-state index is -0.414. The topological polar surface area (TPSA) is 70.8 Å². The second-order valence-corrected chi connectivity index (χ2v) is 7.35. The number of hydrogen-bond donors (Lipinski definition) is 1. The molecule has 0 amide bonds. The highest BCUT2D eigenvalue weighted by atomic mass is 127. The molecule has 8 heteroatoms. The predicted molar refractivity (Wildman–Crippen MR) is 114 cm³/mol. The van der Waals surface area contributed by atoms with Crippen LogP contribution in [0.1, 0.15) is 5.56 Å². The van der Waals surface area contributed by atoms with Crippen LogP contribution < -0.4 is 13.5 Å². The first kappa shape index (κ1) is 17.6. The fourth-order valence-corrected chi connectivity index (χ4v) is 3.72. The van der Waals surface area contributed by atoms with Gasteiger partial charge >= 0.3 is 0 Å². The van der Waals surface area contributed by atoms with Gasteiger partial charge in [0.05, 0.1) is 16.2 Å². The minimum absolute atomic E-state index is 0.0449. The summed E-state index contributed by atoms with van der Waals surface area (Å²) in [6, 6.07) is 26.2. The Kier molecular flexibility index (Phi) is 4.60. The fraction of sp³-hybridized carbons (Fsp3) is 0. The van der Waals surface area contributed by atoms with Crippen LogP contribution in [-0.4, -0.2) is 10.8 Å². The van der Waals surface area contributed by atoms with Gasteiger partial charge in [-0.1, -0.05) is 44.3 Å². The van der Waals surface area contributed by atoms with Crippen LogP contribution in [0.4, 0.5) is 17.1 Å². The Morgan fingerprint density at radius 2 is 1.52 bits per heavy atom. The Morgan fingerprint density at radius 3 is 2.11 bits per heavy atom. The highest BCUT2D eigenvalue weighted by Gasteiger charge is 2.45. The number of nitrogens with one attached hydrogen (secondary N) is 1. The van der Waals surface area contributed by atoms with E-state index >= 15 is 0 Å². The smallest absolute Gasteiger partial charge is 0.258 e.